The van der Waals surface area contributed by atoms with Crippen molar-refractivity contribution >= 4 is 70.7 Å². The molecule has 0 N–H and O–H groups in total. The summed E-state index contributed by atoms with van der Waals surface area (Å²) in [7, 11) is 0. The van der Waals surface area contributed by atoms with Gasteiger partial charge < -0.3 is 0 Å². The number of hydrogen-bond donors (Lipinski definition) is 0. The number of rotatable bonds is 2. The van der Waals surface area contributed by atoms with Crippen LogP contribution >= 0.6 is 0 Å². The van der Waals surface area contributed by atoms with Crippen LogP contribution in [0, 0.1) is 0 Å². The van der Waals surface area contributed by atoms with Crippen LogP contribution in [0.5, 0.6) is 0 Å². The van der Waals surface area contributed by atoms with Crippen molar-refractivity contribution in [1.82, 2.24) is 9.38 Å². The fraction of sp³-hybridized carbons (Fsp3) is 0. The maximum Gasteiger partial charge on any atom is 0.146 e. The zero-order valence-electron chi connectivity index (χ0n) is 24.4. The molecule has 0 fully saturated rings. The second kappa shape index (κ2) is 9.25. The molecule has 2 aromatic heterocycles. The first-order chi connectivity index (χ1) is 22.3. The number of imidazole rings is 1. The van der Waals surface area contributed by atoms with Gasteiger partial charge in [-0.1, -0.05) is 115 Å². The fourth-order valence-electron chi connectivity index (χ4n) is 7.52. The molecular formula is C43H26N2. The van der Waals surface area contributed by atoms with Gasteiger partial charge in [-0.2, -0.15) is 0 Å². The van der Waals surface area contributed by atoms with Crippen LogP contribution in [0.25, 0.3) is 92.9 Å². The summed E-state index contributed by atoms with van der Waals surface area (Å²) in [5, 5.41) is 11.3. The molecule has 2 heteroatoms. The van der Waals surface area contributed by atoms with Crippen molar-refractivity contribution in [3.05, 3.63) is 158 Å². The molecule has 10 aromatic rings. The summed E-state index contributed by atoms with van der Waals surface area (Å²) < 4.78 is 2.31. The largest absolute Gasteiger partial charge is 0.292 e. The van der Waals surface area contributed by atoms with Crippen molar-refractivity contribution in [1.29, 1.82) is 0 Å². The minimum absolute atomic E-state index is 0.999. The number of pyridine rings is 1. The molecular weight excluding hydrogens is 544 g/mol. The normalized spacial score (nSPS) is 12.0. The molecule has 0 aliphatic carbocycles. The van der Waals surface area contributed by atoms with Crippen molar-refractivity contribution in [3.63, 3.8) is 0 Å². The van der Waals surface area contributed by atoms with E-state index in [9.17, 15) is 0 Å². The molecule has 0 aliphatic rings. The van der Waals surface area contributed by atoms with Crippen LogP contribution in [0.1, 0.15) is 0 Å². The Morgan fingerprint density at radius 1 is 0.333 bits per heavy atom. The molecule has 0 aliphatic heterocycles. The second-order valence-corrected chi connectivity index (χ2v) is 11.9. The van der Waals surface area contributed by atoms with Gasteiger partial charge in [-0.05, 0) is 102 Å². The van der Waals surface area contributed by atoms with E-state index in [0.29, 0.717) is 0 Å². The lowest BCUT2D eigenvalue weighted by atomic mass is 9.87. The first kappa shape index (κ1) is 24.5. The molecule has 0 atom stereocenters. The zero-order chi connectivity index (χ0) is 29.5. The van der Waals surface area contributed by atoms with Gasteiger partial charge in [-0.3, -0.25) is 4.40 Å². The summed E-state index contributed by atoms with van der Waals surface area (Å²) in [6.07, 6.45) is 0. The highest BCUT2D eigenvalue weighted by molar-refractivity contribution is 6.24. The molecule has 0 saturated carbocycles. The van der Waals surface area contributed by atoms with Crippen LogP contribution in [0.15, 0.2) is 158 Å². The van der Waals surface area contributed by atoms with E-state index in [2.05, 4.69) is 162 Å². The quantitative estimate of drug-likeness (QED) is 0.189. The molecule has 10 rings (SSSR count). The summed E-state index contributed by atoms with van der Waals surface area (Å²) in [5.74, 6) is 0. The Labute approximate surface area is 259 Å². The molecule has 0 bridgehead atoms. The number of nitrogens with zero attached hydrogens (tertiary/aromatic N) is 2. The van der Waals surface area contributed by atoms with Gasteiger partial charge in [-0.25, -0.2) is 4.98 Å². The van der Waals surface area contributed by atoms with Crippen LogP contribution in [0.2, 0.25) is 0 Å². The van der Waals surface area contributed by atoms with E-state index in [1.54, 1.807) is 0 Å². The Bertz CT molecular complexity index is 2810. The van der Waals surface area contributed by atoms with E-state index < -0.39 is 0 Å². The Morgan fingerprint density at radius 3 is 1.58 bits per heavy atom. The minimum Gasteiger partial charge on any atom is -0.292 e. The molecule has 0 amide bonds. The van der Waals surface area contributed by atoms with Crippen molar-refractivity contribution in [2.45, 2.75) is 0 Å². The zero-order valence-corrected chi connectivity index (χ0v) is 24.4. The van der Waals surface area contributed by atoms with Gasteiger partial charge in [0.1, 0.15) is 5.65 Å². The highest BCUT2D eigenvalue weighted by Gasteiger charge is 2.17. The molecule has 2 nitrogen and oxygen atoms in total. The van der Waals surface area contributed by atoms with Gasteiger partial charge in [0.15, 0.2) is 0 Å². The maximum absolute atomic E-state index is 5.12. The Morgan fingerprint density at radius 2 is 0.867 bits per heavy atom. The summed E-state index contributed by atoms with van der Waals surface area (Å²) in [5.41, 5.74) is 9.29. The molecule has 8 aromatic carbocycles. The minimum atomic E-state index is 0.999. The van der Waals surface area contributed by atoms with Gasteiger partial charge in [0.25, 0.3) is 0 Å². The van der Waals surface area contributed by atoms with E-state index in [4.69, 9.17) is 4.98 Å². The molecule has 45 heavy (non-hydrogen) atoms. The monoisotopic (exact) mass is 570 g/mol. The van der Waals surface area contributed by atoms with Gasteiger partial charge in [0.05, 0.1) is 16.6 Å². The number of para-hydroxylation sites is 3. The lowest BCUT2D eigenvalue weighted by Gasteiger charge is -2.17. The third-order valence-electron chi connectivity index (χ3n) is 9.53. The van der Waals surface area contributed by atoms with Gasteiger partial charge in [0, 0.05) is 10.8 Å². The number of aromatic nitrogens is 2. The Kier molecular flexibility index (Phi) is 5.03. The predicted octanol–water partition coefficient (Wildman–Crippen LogP) is 11.6. The number of fused-ring (bicyclic) bond motifs is 13. The van der Waals surface area contributed by atoms with Crippen LogP contribution in [0.3, 0.4) is 0 Å². The molecule has 208 valence electrons. The smallest absolute Gasteiger partial charge is 0.146 e. The average Bonchev–Trinajstić information content (AvgIpc) is 3.51. The lowest BCUT2D eigenvalue weighted by molar-refractivity contribution is 1.31. The fourth-order valence-corrected chi connectivity index (χ4v) is 7.52. The number of benzene rings is 8. The van der Waals surface area contributed by atoms with E-state index in [-0.39, 0.29) is 0 Å². The first-order valence-electron chi connectivity index (χ1n) is 15.5. The van der Waals surface area contributed by atoms with Crippen LogP contribution in [-0.2, 0) is 0 Å². The van der Waals surface area contributed by atoms with Gasteiger partial charge in [0.2, 0.25) is 0 Å². The third-order valence-corrected chi connectivity index (χ3v) is 9.53. The van der Waals surface area contributed by atoms with E-state index >= 15 is 0 Å². The van der Waals surface area contributed by atoms with Crippen LogP contribution in [0.4, 0.5) is 0 Å². The first-order valence-corrected chi connectivity index (χ1v) is 15.5. The molecule has 0 radical (unpaired) electrons. The van der Waals surface area contributed by atoms with Crippen molar-refractivity contribution in [3.8, 4) is 22.3 Å². The van der Waals surface area contributed by atoms with E-state index in [1.807, 2.05) is 0 Å². The summed E-state index contributed by atoms with van der Waals surface area (Å²) in [6, 6.07) is 57.4. The molecule has 2 heterocycles. The van der Waals surface area contributed by atoms with Gasteiger partial charge in [-0.15, -0.1) is 0 Å². The highest BCUT2D eigenvalue weighted by Crippen LogP contribution is 2.43. The summed E-state index contributed by atoms with van der Waals surface area (Å²) in [4.78, 5) is 5.12. The van der Waals surface area contributed by atoms with E-state index in [1.165, 1.54) is 70.9 Å². The van der Waals surface area contributed by atoms with Crippen molar-refractivity contribution in [2.24, 2.45) is 0 Å². The maximum atomic E-state index is 5.12. The predicted molar refractivity (Wildman–Crippen MR) is 191 cm³/mol. The number of hydrogen-bond acceptors (Lipinski definition) is 1. The van der Waals surface area contributed by atoms with Crippen LogP contribution < -0.4 is 0 Å². The van der Waals surface area contributed by atoms with Crippen molar-refractivity contribution < 1.29 is 0 Å². The van der Waals surface area contributed by atoms with Gasteiger partial charge >= 0.3 is 0 Å². The van der Waals surface area contributed by atoms with Crippen LogP contribution in [-0.4, -0.2) is 9.38 Å². The Balaban J connectivity index is 1.31. The van der Waals surface area contributed by atoms with E-state index in [0.717, 1.165) is 22.1 Å². The average molecular weight is 571 g/mol. The lowest BCUT2D eigenvalue weighted by Crippen LogP contribution is -1.92. The summed E-state index contributed by atoms with van der Waals surface area (Å²) >= 11 is 0. The molecule has 0 spiro atoms. The molecule has 0 unspecified atom stereocenters. The third kappa shape index (κ3) is 3.48. The second-order valence-electron chi connectivity index (χ2n) is 11.9. The Hall–Kier alpha value is -5.99. The molecule has 0 saturated heterocycles. The topological polar surface area (TPSA) is 17.3 Å². The standard InChI is InChI=1S/C43H26N2/c1-2-12-27(13-3-1)35-25-38-32-17-7-5-15-30(32)36(26-39(38)31-16-6-4-14-29(31)35)28-22-23-34-37(24-28)33-18-8-10-20-41(33)45-42-21-11-9-19-40(42)44-43(34)45/h1-26H. The summed E-state index contributed by atoms with van der Waals surface area (Å²) in [6.45, 7) is 0. The SMILES string of the molecule is c1ccc(-c2cc3c4ccccc4c(-c4ccc5c(c4)c4ccccc4n4c6ccccc6nc54)cc3c3ccccc23)cc1. The highest BCUT2D eigenvalue weighted by atomic mass is 15.0. The van der Waals surface area contributed by atoms with Crippen molar-refractivity contribution in [2.75, 3.05) is 0 Å².